The lowest BCUT2D eigenvalue weighted by atomic mass is 9.93. The van der Waals surface area contributed by atoms with Crippen LogP contribution in [0.3, 0.4) is 0 Å². The SMILES string of the molecule is CCCNCc1cnc(N2CCC(C)(C)C2)nc1C. The molecule has 1 aromatic rings. The lowest BCUT2D eigenvalue weighted by Gasteiger charge is -2.20. The molecule has 1 fully saturated rings. The molecule has 1 aliphatic rings. The molecular formula is C15H26N4. The van der Waals surface area contributed by atoms with Crippen molar-refractivity contribution in [3.63, 3.8) is 0 Å². The van der Waals surface area contributed by atoms with Crippen molar-refractivity contribution in [2.24, 2.45) is 5.41 Å². The van der Waals surface area contributed by atoms with Gasteiger partial charge in [0.25, 0.3) is 0 Å². The number of nitrogens with zero attached hydrogens (tertiary/aromatic N) is 3. The van der Waals surface area contributed by atoms with Gasteiger partial charge in [-0.1, -0.05) is 20.8 Å². The van der Waals surface area contributed by atoms with E-state index in [1.54, 1.807) is 0 Å². The second kappa shape index (κ2) is 5.87. The van der Waals surface area contributed by atoms with Crippen molar-refractivity contribution in [2.75, 3.05) is 24.5 Å². The molecule has 4 heteroatoms. The summed E-state index contributed by atoms with van der Waals surface area (Å²) < 4.78 is 0. The fourth-order valence-corrected chi connectivity index (χ4v) is 2.49. The number of nitrogens with one attached hydrogen (secondary N) is 1. The van der Waals surface area contributed by atoms with Gasteiger partial charge in [0, 0.05) is 37.1 Å². The number of hydrogen-bond acceptors (Lipinski definition) is 4. The molecule has 0 saturated carbocycles. The average Bonchev–Trinajstić information content (AvgIpc) is 2.72. The number of anilines is 1. The zero-order valence-electron chi connectivity index (χ0n) is 12.7. The number of rotatable bonds is 5. The van der Waals surface area contributed by atoms with Crippen LogP contribution in [0.15, 0.2) is 6.20 Å². The summed E-state index contributed by atoms with van der Waals surface area (Å²) in [6, 6.07) is 0. The van der Waals surface area contributed by atoms with Gasteiger partial charge in [0.15, 0.2) is 0 Å². The van der Waals surface area contributed by atoms with Crippen molar-refractivity contribution in [3.05, 3.63) is 17.5 Å². The van der Waals surface area contributed by atoms with Crippen LogP contribution >= 0.6 is 0 Å². The van der Waals surface area contributed by atoms with Gasteiger partial charge in [-0.15, -0.1) is 0 Å². The first kappa shape index (κ1) is 14.3. The van der Waals surface area contributed by atoms with E-state index in [0.717, 1.165) is 44.2 Å². The Kier molecular flexibility index (Phi) is 4.40. The molecule has 1 N–H and O–H groups in total. The first-order valence-corrected chi connectivity index (χ1v) is 7.30. The summed E-state index contributed by atoms with van der Waals surface area (Å²) in [6.07, 6.45) is 4.35. The van der Waals surface area contributed by atoms with Crippen LogP contribution in [0.2, 0.25) is 0 Å². The van der Waals surface area contributed by atoms with Gasteiger partial charge in [0.2, 0.25) is 5.95 Å². The van der Waals surface area contributed by atoms with Crippen LogP contribution in [0.25, 0.3) is 0 Å². The normalized spacial score (nSPS) is 18.0. The number of hydrogen-bond donors (Lipinski definition) is 1. The molecule has 1 aliphatic heterocycles. The molecule has 1 aromatic heterocycles. The van der Waals surface area contributed by atoms with E-state index in [-0.39, 0.29) is 0 Å². The van der Waals surface area contributed by atoms with E-state index in [0.29, 0.717) is 5.41 Å². The number of aromatic nitrogens is 2. The van der Waals surface area contributed by atoms with Gasteiger partial charge in [-0.25, -0.2) is 9.97 Å². The maximum absolute atomic E-state index is 4.67. The van der Waals surface area contributed by atoms with E-state index in [4.69, 9.17) is 0 Å². The minimum Gasteiger partial charge on any atom is -0.340 e. The molecule has 0 aliphatic carbocycles. The van der Waals surface area contributed by atoms with E-state index >= 15 is 0 Å². The Balaban J connectivity index is 2.02. The van der Waals surface area contributed by atoms with E-state index in [1.165, 1.54) is 12.0 Å². The molecule has 106 valence electrons. The van der Waals surface area contributed by atoms with Gasteiger partial charge in [-0.3, -0.25) is 0 Å². The smallest absolute Gasteiger partial charge is 0.225 e. The van der Waals surface area contributed by atoms with Crippen molar-refractivity contribution in [3.8, 4) is 0 Å². The molecule has 0 bridgehead atoms. The maximum Gasteiger partial charge on any atom is 0.225 e. The van der Waals surface area contributed by atoms with E-state index in [2.05, 4.69) is 47.9 Å². The molecule has 0 unspecified atom stereocenters. The summed E-state index contributed by atoms with van der Waals surface area (Å²) in [7, 11) is 0. The summed E-state index contributed by atoms with van der Waals surface area (Å²) in [4.78, 5) is 11.5. The number of aryl methyl sites for hydroxylation is 1. The van der Waals surface area contributed by atoms with Crippen LogP contribution < -0.4 is 10.2 Å². The quantitative estimate of drug-likeness (QED) is 0.828. The van der Waals surface area contributed by atoms with Crippen molar-refractivity contribution in [2.45, 2.75) is 47.1 Å². The van der Waals surface area contributed by atoms with E-state index < -0.39 is 0 Å². The molecule has 1 saturated heterocycles. The standard InChI is InChI=1S/C15H26N4/c1-5-7-16-9-13-10-17-14(18-12(13)2)19-8-6-15(3,4)11-19/h10,16H,5-9,11H2,1-4H3. The van der Waals surface area contributed by atoms with Gasteiger partial charge >= 0.3 is 0 Å². The minimum absolute atomic E-state index is 0.388. The lowest BCUT2D eigenvalue weighted by Crippen LogP contribution is -2.25. The summed E-state index contributed by atoms with van der Waals surface area (Å²) >= 11 is 0. The second-order valence-corrected chi connectivity index (χ2v) is 6.29. The van der Waals surface area contributed by atoms with Crippen LogP contribution in [0.5, 0.6) is 0 Å². The van der Waals surface area contributed by atoms with Gasteiger partial charge in [-0.05, 0) is 31.7 Å². The molecule has 2 heterocycles. The van der Waals surface area contributed by atoms with E-state index in [9.17, 15) is 0 Å². The van der Waals surface area contributed by atoms with Gasteiger partial charge in [0.1, 0.15) is 0 Å². The summed E-state index contributed by atoms with van der Waals surface area (Å²) in [5.41, 5.74) is 2.69. The molecule has 4 nitrogen and oxygen atoms in total. The highest BCUT2D eigenvalue weighted by Gasteiger charge is 2.30. The topological polar surface area (TPSA) is 41.1 Å². The fourth-order valence-electron chi connectivity index (χ4n) is 2.49. The first-order chi connectivity index (χ1) is 9.02. The van der Waals surface area contributed by atoms with Crippen LogP contribution in [-0.2, 0) is 6.54 Å². The van der Waals surface area contributed by atoms with Crippen LogP contribution in [0.1, 0.15) is 44.9 Å². The highest BCUT2D eigenvalue weighted by Crippen LogP contribution is 2.30. The van der Waals surface area contributed by atoms with E-state index in [1.807, 2.05) is 6.20 Å². The predicted molar refractivity (Wildman–Crippen MR) is 79.4 cm³/mol. The monoisotopic (exact) mass is 262 g/mol. The Hall–Kier alpha value is -1.16. The van der Waals surface area contributed by atoms with Crippen LogP contribution in [0.4, 0.5) is 5.95 Å². The average molecular weight is 262 g/mol. The molecule has 19 heavy (non-hydrogen) atoms. The molecule has 0 spiro atoms. The maximum atomic E-state index is 4.67. The third-order valence-electron chi connectivity index (χ3n) is 3.77. The highest BCUT2D eigenvalue weighted by molar-refractivity contribution is 5.35. The first-order valence-electron chi connectivity index (χ1n) is 7.30. The zero-order valence-corrected chi connectivity index (χ0v) is 12.7. The third kappa shape index (κ3) is 3.66. The molecule has 0 atom stereocenters. The Bertz CT molecular complexity index is 428. The Labute approximate surface area is 116 Å². The molecule has 0 amide bonds. The van der Waals surface area contributed by atoms with Crippen LogP contribution in [-0.4, -0.2) is 29.6 Å². The molecule has 0 radical (unpaired) electrons. The summed E-state index contributed by atoms with van der Waals surface area (Å²) in [5.74, 6) is 0.891. The van der Waals surface area contributed by atoms with Crippen LogP contribution in [0, 0.1) is 12.3 Å². The zero-order chi connectivity index (χ0) is 13.9. The van der Waals surface area contributed by atoms with Gasteiger partial charge in [0.05, 0.1) is 0 Å². The second-order valence-electron chi connectivity index (χ2n) is 6.29. The van der Waals surface area contributed by atoms with Crippen molar-refractivity contribution in [1.29, 1.82) is 0 Å². The molecule has 2 rings (SSSR count). The Morgan fingerprint density at radius 3 is 2.79 bits per heavy atom. The Morgan fingerprint density at radius 2 is 2.21 bits per heavy atom. The molecular weight excluding hydrogens is 236 g/mol. The van der Waals surface area contributed by atoms with Gasteiger partial charge in [-0.2, -0.15) is 0 Å². The van der Waals surface area contributed by atoms with Crippen molar-refractivity contribution < 1.29 is 0 Å². The lowest BCUT2D eigenvalue weighted by molar-refractivity contribution is 0.418. The largest absolute Gasteiger partial charge is 0.340 e. The summed E-state index contributed by atoms with van der Waals surface area (Å²) in [6.45, 7) is 12.9. The minimum atomic E-state index is 0.388. The Morgan fingerprint density at radius 1 is 1.42 bits per heavy atom. The fraction of sp³-hybridized carbons (Fsp3) is 0.733. The third-order valence-corrected chi connectivity index (χ3v) is 3.77. The highest BCUT2D eigenvalue weighted by atomic mass is 15.3. The summed E-state index contributed by atoms with van der Waals surface area (Å²) in [5, 5.41) is 3.40. The van der Waals surface area contributed by atoms with Gasteiger partial charge < -0.3 is 10.2 Å². The molecule has 0 aromatic carbocycles. The van der Waals surface area contributed by atoms with Crippen molar-refractivity contribution >= 4 is 5.95 Å². The van der Waals surface area contributed by atoms with Crippen molar-refractivity contribution in [1.82, 2.24) is 15.3 Å². The predicted octanol–water partition coefficient (Wildman–Crippen LogP) is 2.52.